The Balaban J connectivity index is 1.87. The third-order valence-corrected chi connectivity index (χ3v) is 3.66. The normalized spacial score (nSPS) is 23.7. The molecule has 96 valence electrons. The lowest BCUT2D eigenvalue weighted by molar-refractivity contribution is 0.478. The van der Waals surface area contributed by atoms with E-state index in [-0.39, 0.29) is 5.41 Å². The average Bonchev–Trinajstić information content (AvgIpc) is 3.02. The summed E-state index contributed by atoms with van der Waals surface area (Å²) in [5.41, 5.74) is 1.44. The highest BCUT2D eigenvalue weighted by atomic mass is 15.3. The van der Waals surface area contributed by atoms with Gasteiger partial charge in [0, 0.05) is 30.9 Å². The van der Waals surface area contributed by atoms with Gasteiger partial charge in [0.1, 0.15) is 6.33 Å². The number of nitrogens with zero attached hydrogens (tertiary/aromatic N) is 5. The van der Waals surface area contributed by atoms with Gasteiger partial charge < -0.3 is 9.88 Å². The first kappa shape index (κ1) is 11.4. The Morgan fingerprint density at radius 2 is 2.33 bits per heavy atom. The third-order valence-electron chi connectivity index (χ3n) is 3.66. The molecule has 0 spiro atoms. The number of rotatable bonds is 3. The zero-order valence-electron chi connectivity index (χ0n) is 10.8. The Morgan fingerprint density at radius 3 is 3.00 bits per heavy atom. The summed E-state index contributed by atoms with van der Waals surface area (Å²) < 4.78 is 3.88. The smallest absolute Gasteiger partial charge is 0.170 e. The average molecular weight is 246 g/mol. The molecule has 2 aromatic heterocycles. The van der Waals surface area contributed by atoms with Gasteiger partial charge in [0.15, 0.2) is 5.82 Å². The van der Waals surface area contributed by atoms with E-state index < -0.39 is 0 Å². The van der Waals surface area contributed by atoms with Crippen LogP contribution in [0, 0.1) is 0 Å². The molecule has 1 unspecified atom stereocenters. The number of imidazole rings is 1. The molecule has 6 nitrogen and oxygen atoms in total. The molecule has 0 saturated carbocycles. The van der Waals surface area contributed by atoms with Gasteiger partial charge in [-0.05, 0) is 13.0 Å². The van der Waals surface area contributed by atoms with Gasteiger partial charge in [0.2, 0.25) is 0 Å². The lowest BCUT2D eigenvalue weighted by Crippen LogP contribution is -2.28. The number of aryl methyl sites for hydroxylation is 1. The van der Waals surface area contributed by atoms with Crippen molar-refractivity contribution in [2.75, 3.05) is 13.1 Å². The molecule has 0 aliphatic carbocycles. The Labute approximate surface area is 106 Å². The first-order valence-electron chi connectivity index (χ1n) is 6.23. The van der Waals surface area contributed by atoms with Crippen LogP contribution < -0.4 is 5.32 Å². The van der Waals surface area contributed by atoms with E-state index in [4.69, 9.17) is 0 Å². The van der Waals surface area contributed by atoms with Crippen LogP contribution in [-0.2, 0) is 19.0 Å². The van der Waals surface area contributed by atoms with Crippen molar-refractivity contribution >= 4 is 0 Å². The first-order valence-corrected chi connectivity index (χ1v) is 6.23. The van der Waals surface area contributed by atoms with Crippen molar-refractivity contribution in [1.82, 2.24) is 29.6 Å². The van der Waals surface area contributed by atoms with Gasteiger partial charge in [0.25, 0.3) is 0 Å². The topological polar surface area (TPSA) is 60.6 Å². The molecular formula is C12H18N6. The SMILES string of the molecule is Cn1cnc(Cn2cncc2C2(C)CCNC2)n1. The van der Waals surface area contributed by atoms with E-state index in [0.29, 0.717) is 6.54 Å². The van der Waals surface area contributed by atoms with Crippen molar-refractivity contribution in [3.63, 3.8) is 0 Å². The van der Waals surface area contributed by atoms with E-state index >= 15 is 0 Å². The Hall–Kier alpha value is -1.69. The van der Waals surface area contributed by atoms with Crippen LogP contribution in [0.3, 0.4) is 0 Å². The van der Waals surface area contributed by atoms with Crippen LogP contribution in [0.5, 0.6) is 0 Å². The molecule has 1 aliphatic rings. The van der Waals surface area contributed by atoms with Crippen molar-refractivity contribution in [2.45, 2.75) is 25.3 Å². The lowest BCUT2D eigenvalue weighted by atomic mass is 9.86. The minimum Gasteiger partial charge on any atom is -0.326 e. The third kappa shape index (κ3) is 1.92. The monoisotopic (exact) mass is 246 g/mol. The molecule has 6 heteroatoms. The van der Waals surface area contributed by atoms with E-state index in [2.05, 4.69) is 31.9 Å². The number of aromatic nitrogens is 5. The largest absolute Gasteiger partial charge is 0.326 e. The fourth-order valence-electron chi connectivity index (χ4n) is 2.59. The highest BCUT2D eigenvalue weighted by Gasteiger charge is 2.33. The van der Waals surface area contributed by atoms with Crippen molar-refractivity contribution < 1.29 is 0 Å². The van der Waals surface area contributed by atoms with Crippen LogP contribution in [0.2, 0.25) is 0 Å². The summed E-state index contributed by atoms with van der Waals surface area (Å²) in [5, 5.41) is 7.74. The van der Waals surface area contributed by atoms with Crippen LogP contribution >= 0.6 is 0 Å². The van der Waals surface area contributed by atoms with E-state index in [9.17, 15) is 0 Å². The molecular weight excluding hydrogens is 228 g/mol. The predicted molar refractivity (Wildman–Crippen MR) is 67.2 cm³/mol. The maximum atomic E-state index is 4.32. The lowest BCUT2D eigenvalue weighted by Gasteiger charge is -2.23. The van der Waals surface area contributed by atoms with Gasteiger partial charge in [-0.3, -0.25) is 4.68 Å². The molecule has 0 aromatic carbocycles. The molecule has 0 radical (unpaired) electrons. The van der Waals surface area contributed by atoms with Gasteiger partial charge in [-0.1, -0.05) is 6.92 Å². The molecule has 18 heavy (non-hydrogen) atoms. The summed E-state index contributed by atoms with van der Waals surface area (Å²) in [4.78, 5) is 8.56. The molecule has 3 heterocycles. The van der Waals surface area contributed by atoms with E-state index in [1.165, 1.54) is 5.69 Å². The maximum Gasteiger partial charge on any atom is 0.170 e. The summed E-state index contributed by atoms with van der Waals surface area (Å²) in [6.07, 6.45) is 6.71. The number of nitrogens with one attached hydrogen (secondary N) is 1. The van der Waals surface area contributed by atoms with Crippen molar-refractivity contribution in [3.8, 4) is 0 Å². The van der Waals surface area contributed by atoms with E-state index in [1.54, 1.807) is 11.0 Å². The van der Waals surface area contributed by atoms with Crippen molar-refractivity contribution in [2.24, 2.45) is 7.05 Å². The molecule has 1 fully saturated rings. The van der Waals surface area contributed by atoms with Crippen LogP contribution in [0.15, 0.2) is 18.9 Å². The molecule has 1 saturated heterocycles. The number of hydrogen-bond donors (Lipinski definition) is 1. The zero-order chi connectivity index (χ0) is 12.6. The summed E-state index contributed by atoms with van der Waals surface area (Å²) in [6.45, 7) is 5.05. The molecule has 3 rings (SSSR count). The molecule has 1 aliphatic heterocycles. The Morgan fingerprint density at radius 1 is 1.44 bits per heavy atom. The predicted octanol–water partition coefficient (Wildman–Crippen LogP) is 0.311. The maximum absolute atomic E-state index is 4.32. The van der Waals surface area contributed by atoms with Crippen LogP contribution in [-0.4, -0.2) is 37.4 Å². The minimum atomic E-state index is 0.172. The van der Waals surface area contributed by atoms with E-state index in [0.717, 1.165) is 25.3 Å². The van der Waals surface area contributed by atoms with Crippen molar-refractivity contribution in [1.29, 1.82) is 0 Å². The van der Waals surface area contributed by atoms with Gasteiger partial charge in [-0.2, -0.15) is 5.10 Å². The summed E-state index contributed by atoms with van der Waals surface area (Å²) in [5.74, 6) is 0.825. The van der Waals surface area contributed by atoms with Gasteiger partial charge >= 0.3 is 0 Å². The summed E-state index contributed by atoms with van der Waals surface area (Å²) >= 11 is 0. The van der Waals surface area contributed by atoms with Gasteiger partial charge in [0.05, 0.1) is 12.9 Å². The van der Waals surface area contributed by atoms with Crippen molar-refractivity contribution in [3.05, 3.63) is 30.4 Å². The highest BCUT2D eigenvalue weighted by molar-refractivity contribution is 5.18. The van der Waals surface area contributed by atoms with Crippen LogP contribution in [0.1, 0.15) is 24.9 Å². The standard InChI is InChI=1S/C12H18N6/c1-12(3-4-13-7-12)10-5-14-8-18(10)6-11-15-9-17(2)16-11/h5,8-9,13H,3-4,6-7H2,1-2H3. The highest BCUT2D eigenvalue weighted by Crippen LogP contribution is 2.29. The summed E-state index contributed by atoms with van der Waals surface area (Å²) in [7, 11) is 1.88. The number of hydrogen-bond acceptors (Lipinski definition) is 4. The molecule has 2 aromatic rings. The second kappa shape index (κ2) is 4.20. The molecule has 0 amide bonds. The fraction of sp³-hybridized carbons (Fsp3) is 0.583. The quantitative estimate of drug-likeness (QED) is 0.847. The minimum absolute atomic E-state index is 0.172. The van der Waals surface area contributed by atoms with Crippen LogP contribution in [0.4, 0.5) is 0 Å². The van der Waals surface area contributed by atoms with Crippen LogP contribution in [0.25, 0.3) is 0 Å². The Bertz CT molecular complexity index is 534. The molecule has 1 N–H and O–H groups in total. The first-order chi connectivity index (χ1) is 8.67. The zero-order valence-corrected chi connectivity index (χ0v) is 10.8. The Kier molecular flexibility index (Phi) is 2.66. The van der Waals surface area contributed by atoms with Gasteiger partial charge in [-0.25, -0.2) is 9.97 Å². The second-order valence-corrected chi connectivity index (χ2v) is 5.23. The van der Waals surface area contributed by atoms with E-state index in [1.807, 2.05) is 19.6 Å². The second-order valence-electron chi connectivity index (χ2n) is 5.23. The van der Waals surface area contributed by atoms with Gasteiger partial charge in [-0.15, -0.1) is 0 Å². The fourth-order valence-corrected chi connectivity index (χ4v) is 2.59. The summed E-state index contributed by atoms with van der Waals surface area (Å²) in [6, 6.07) is 0. The molecule has 0 bridgehead atoms. The molecule has 1 atom stereocenters.